The molecule has 2 aromatic heterocycles. The van der Waals surface area contributed by atoms with E-state index in [0.717, 1.165) is 24.7 Å². The first-order valence-electron chi connectivity index (χ1n) is 10.7. The minimum Gasteiger partial charge on any atom is -0.507 e. The molecule has 1 aliphatic heterocycles. The number of aryl methyl sites for hydroxylation is 1. The number of rotatable bonds is 6. The maximum absolute atomic E-state index is 14.2. The Bertz CT molecular complexity index is 1230. The fraction of sp³-hybridized carbons (Fsp3) is 0.280. The molecular weight excluding hydrogens is 425 g/mol. The van der Waals surface area contributed by atoms with Crippen LogP contribution in [0.4, 0.5) is 4.39 Å². The third-order valence-electron chi connectivity index (χ3n) is 6.22. The van der Waals surface area contributed by atoms with Gasteiger partial charge in [0.1, 0.15) is 29.0 Å². The number of likely N-dealkylation sites (N-methyl/N-ethyl adjacent to an activating group) is 1. The van der Waals surface area contributed by atoms with Crippen LogP contribution in [0.2, 0.25) is 0 Å². The van der Waals surface area contributed by atoms with Crippen molar-refractivity contribution in [2.24, 2.45) is 0 Å². The summed E-state index contributed by atoms with van der Waals surface area (Å²) in [6.07, 6.45) is 6.73. The summed E-state index contributed by atoms with van der Waals surface area (Å²) in [5.41, 5.74) is 2.15. The van der Waals surface area contributed by atoms with Crippen LogP contribution in [0.15, 0.2) is 53.7 Å². The van der Waals surface area contributed by atoms with Crippen LogP contribution >= 0.6 is 0 Å². The maximum Gasteiger partial charge on any atom is 0.339 e. The van der Waals surface area contributed by atoms with E-state index in [1.807, 2.05) is 19.2 Å². The molecule has 3 aromatic rings. The Labute approximate surface area is 191 Å². The fourth-order valence-electron chi connectivity index (χ4n) is 4.45. The molecule has 1 unspecified atom stereocenters. The number of pyridine rings is 1. The SMILES string of the molecule is C=C/C(F)=C\c1c(O)c(C(c2ccncc2)N2CCN(C)CC2)c2c(C(=O)O)coc2c1C. The van der Waals surface area contributed by atoms with Gasteiger partial charge in [-0.3, -0.25) is 9.88 Å². The molecule has 0 spiro atoms. The molecule has 3 heterocycles. The molecular formula is C25H26FN3O4. The van der Waals surface area contributed by atoms with Crippen molar-refractivity contribution >= 4 is 23.0 Å². The number of aromatic nitrogens is 1. The van der Waals surface area contributed by atoms with Crippen molar-refractivity contribution in [3.05, 3.63) is 77.1 Å². The summed E-state index contributed by atoms with van der Waals surface area (Å²) in [6, 6.07) is 3.20. The van der Waals surface area contributed by atoms with Crippen LogP contribution in [0.25, 0.3) is 17.0 Å². The average Bonchev–Trinajstić information content (AvgIpc) is 3.26. The number of carboxylic acid groups (broad SMARTS) is 1. The summed E-state index contributed by atoms with van der Waals surface area (Å²) in [7, 11) is 2.04. The number of benzene rings is 1. The first-order valence-corrected chi connectivity index (χ1v) is 10.7. The number of phenols is 1. The Morgan fingerprint density at radius 2 is 1.94 bits per heavy atom. The molecule has 1 saturated heterocycles. The van der Waals surface area contributed by atoms with Crippen molar-refractivity contribution in [2.75, 3.05) is 33.2 Å². The van der Waals surface area contributed by atoms with E-state index < -0.39 is 17.8 Å². The predicted molar refractivity (Wildman–Crippen MR) is 124 cm³/mol. The van der Waals surface area contributed by atoms with E-state index in [-0.39, 0.29) is 16.9 Å². The molecule has 0 aliphatic carbocycles. The number of piperazine rings is 1. The summed E-state index contributed by atoms with van der Waals surface area (Å²) in [5.74, 6) is -1.97. The second-order valence-electron chi connectivity index (χ2n) is 8.22. The highest BCUT2D eigenvalue weighted by molar-refractivity contribution is 6.06. The number of hydrogen-bond acceptors (Lipinski definition) is 6. The summed E-state index contributed by atoms with van der Waals surface area (Å²) < 4.78 is 19.9. The van der Waals surface area contributed by atoms with E-state index in [1.54, 1.807) is 19.3 Å². The molecule has 0 amide bonds. The smallest absolute Gasteiger partial charge is 0.339 e. The summed E-state index contributed by atoms with van der Waals surface area (Å²) in [4.78, 5) is 20.6. The minimum absolute atomic E-state index is 0.0497. The van der Waals surface area contributed by atoms with Gasteiger partial charge in [-0.15, -0.1) is 0 Å². The Hall–Kier alpha value is -3.49. The molecule has 1 fully saturated rings. The first-order chi connectivity index (χ1) is 15.8. The van der Waals surface area contributed by atoms with E-state index in [9.17, 15) is 19.4 Å². The zero-order valence-electron chi connectivity index (χ0n) is 18.6. The number of hydrogen-bond donors (Lipinski definition) is 2. The van der Waals surface area contributed by atoms with Gasteiger partial charge >= 0.3 is 5.97 Å². The number of furan rings is 1. The van der Waals surface area contributed by atoms with Crippen LogP contribution in [-0.4, -0.2) is 64.2 Å². The van der Waals surface area contributed by atoms with Gasteiger partial charge in [-0.1, -0.05) is 6.58 Å². The summed E-state index contributed by atoms with van der Waals surface area (Å²) in [5, 5.41) is 21.7. The molecule has 172 valence electrons. The van der Waals surface area contributed by atoms with Gasteiger partial charge in [0.05, 0.1) is 6.04 Å². The number of aromatic carboxylic acids is 1. The van der Waals surface area contributed by atoms with Crippen molar-refractivity contribution in [2.45, 2.75) is 13.0 Å². The van der Waals surface area contributed by atoms with Crippen LogP contribution < -0.4 is 0 Å². The number of phenolic OH excluding ortho intramolecular Hbond substituents is 1. The minimum atomic E-state index is -1.17. The van der Waals surface area contributed by atoms with Crippen LogP contribution in [0.5, 0.6) is 5.75 Å². The van der Waals surface area contributed by atoms with Gasteiger partial charge in [0.15, 0.2) is 0 Å². The van der Waals surface area contributed by atoms with Crippen molar-refractivity contribution in [3.63, 3.8) is 0 Å². The van der Waals surface area contributed by atoms with Gasteiger partial charge in [0.2, 0.25) is 0 Å². The highest BCUT2D eigenvalue weighted by Crippen LogP contribution is 2.46. The zero-order chi connectivity index (χ0) is 23.7. The van der Waals surface area contributed by atoms with Gasteiger partial charge in [-0.05, 0) is 43.8 Å². The normalized spacial score (nSPS) is 16.8. The van der Waals surface area contributed by atoms with E-state index >= 15 is 0 Å². The second kappa shape index (κ2) is 9.17. The number of allylic oxidation sites excluding steroid dienone is 2. The first kappa shape index (κ1) is 22.7. The van der Waals surface area contributed by atoms with Crippen molar-refractivity contribution in [1.82, 2.24) is 14.8 Å². The molecule has 1 aliphatic rings. The molecule has 0 radical (unpaired) electrons. The van der Waals surface area contributed by atoms with E-state index in [1.165, 1.54) is 12.3 Å². The number of carbonyl (C=O) groups is 1. The van der Waals surface area contributed by atoms with Gasteiger partial charge in [-0.2, -0.15) is 0 Å². The Kier molecular flexibility index (Phi) is 6.31. The van der Waals surface area contributed by atoms with Crippen molar-refractivity contribution in [1.29, 1.82) is 0 Å². The van der Waals surface area contributed by atoms with Crippen molar-refractivity contribution < 1.29 is 23.8 Å². The molecule has 1 aromatic carbocycles. The predicted octanol–water partition coefficient (Wildman–Crippen LogP) is 4.37. The number of nitrogens with zero attached hydrogens (tertiary/aromatic N) is 3. The topological polar surface area (TPSA) is 90.0 Å². The third-order valence-corrected chi connectivity index (χ3v) is 6.22. The van der Waals surface area contributed by atoms with Crippen LogP contribution in [-0.2, 0) is 0 Å². The Morgan fingerprint density at radius 1 is 1.27 bits per heavy atom. The number of carboxylic acids is 1. The van der Waals surface area contributed by atoms with Crippen LogP contribution in [0, 0.1) is 6.92 Å². The molecule has 1 atom stereocenters. The molecule has 33 heavy (non-hydrogen) atoms. The summed E-state index contributed by atoms with van der Waals surface area (Å²) in [6.45, 7) is 8.13. The lowest BCUT2D eigenvalue weighted by atomic mass is 9.88. The molecule has 8 heteroatoms. The second-order valence-corrected chi connectivity index (χ2v) is 8.22. The van der Waals surface area contributed by atoms with Gasteiger partial charge in [0, 0.05) is 60.6 Å². The summed E-state index contributed by atoms with van der Waals surface area (Å²) >= 11 is 0. The molecule has 0 bridgehead atoms. The van der Waals surface area contributed by atoms with Crippen LogP contribution in [0.1, 0.15) is 38.7 Å². The van der Waals surface area contributed by atoms with Gasteiger partial charge in [0.25, 0.3) is 0 Å². The standard InChI is InChI=1S/C25H26FN3O4/c1-4-17(26)13-18-15(2)24-20(19(14-33-24)25(31)32)21(23(18)30)22(16-5-7-27-8-6-16)29-11-9-28(3)10-12-29/h4-8,13-14,22,30H,1,9-12H2,2-3H3,(H,31,32)/b17-13+. The maximum atomic E-state index is 14.2. The monoisotopic (exact) mass is 451 g/mol. The average molecular weight is 451 g/mol. The third kappa shape index (κ3) is 4.15. The highest BCUT2D eigenvalue weighted by atomic mass is 19.1. The van der Waals surface area contributed by atoms with Crippen LogP contribution in [0.3, 0.4) is 0 Å². The van der Waals surface area contributed by atoms with Gasteiger partial charge in [-0.25, -0.2) is 9.18 Å². The molecule has 0 saturated carbocycles. The lowest BCUT2D eigenvalue weighted by Gasteiger charge is -2.39. The molecule has 4 rings (SSSR count). The Morgan fingerprint density at radius 3 is 2.55 bits per heavy atom. The van der Waals surface area contributed by atoms with Gasteiger partial charge < -0.3 is 19.5 Å². The quantitative estimate of drug-likeness (QED) is 0.538. The fourth-order valence-corrected chi connectivity index (χ4v) is 4.45. The van der Waals surface area contributed by atoms with E-state index in [2.05, 4.69) is 21.4 Å². The molecule has 2 N–H and O–H groups in total. The van der Waals surface area contributed by atoms with E-state index in [4.69, 9.17) is 4.42 Å². The van der Waals surface area contributed by atoms with Crippen molar-refractivity contribution in [3.8, 4) is 5.75 Å². The number of halogens is 1. The Balaban J connectivity index is 2.08. The zero-order valence-corrected chi connectivity index (χ0v) is 18.6. The largest absolute Gasteiger partial charge is 0.507 e. The van der Waals surface area contributed by atoms with E-state index in [0.29, 0.717) is 35.2 Å². The number of aromatic hydroxyl groups is 1. The molecule has 7 nitrogen and oxygen atoms in total. The lowest BCUT2D eigenvalue weighted by Crippen LogP contribution is -2.46. The lowest BCUT2D eigenvalue weighted by molar-refractivity contribution is 0.0697. The number of fused-ring (bicyclic) bond motifs is 1. The highest BCUT2D eigenvalue weighted by Gasteiger charge is 2.33.